The third-order valence-electron chi connectivity index (χ3n) is 5.17. The van der Waals surface area contributed by atoms with E-state index in [0.29, 0.717) is 23.5 Å². The van der Waals surface area contributed by atoms with Gasteiger partial charge in [0, 0.05) is 16.9 Å². The number of piperidine rings is 1. The number of quaternary nitrogens is 1. The number of carbonyl (C=O) groups excluding carboxylic acids is 2. The SMILES string of the molecule is COc1ccc(NC(=O)c2ccc(NC(=O)C[NH+]3CCC(C)CC3)cc2)cc1. The summed E-state index contributed by atoms with van der Waals surface area (Å²) in [5.41, 5.74) is 1.93. The highest BCUT2D eigenvalue weighted by atomic mass is 16.5. The third-order valence-corrected chi connectivity index (χ3v) is 5.17. The molecule has 0 unspecified atom stereocenters. The molecule has 1 aliphatic rings. The van der Waals surface area contributed by atoms with Crippen LogP contribution in [-0.2, 0) is 4.79 Å². The molecule has 3 N–H and O–H groups in total. The zero-order valence-electron chi connectivity index (χ0n) is 16.5. The number of benzene rings is 2. The van der Waals surface area contributed by atoms with Gasteiger partial charge in [0.1, 0.15) is 5.75 Å². The lowest BCUT2D eigenvalue weighted by molar-refractivity contribution is -0.897. The lowest BCUT2D eigenvalue weighted by Crippen LogP contribution is -3.14. The standard InChI is InChI=1S/C22H27N3O3/c1-16-11-13-25(14-12-16)15-21(26)23-18-5-3-17(4-6-18)22(27)24-19-7-9-20(28-2)10-8-19/h3-10,16H,11-15H2,1-2H3,(H,23,26)(H,24,27)/p+1. The minimum absolute atomic E-state index is 0.0139. The molecule has 6 nitrogen and oxygen atoms in total. The molecule has 148 valence electrons. The summed E-state index contributed by atoms with van der Waals surface area (Å²) in [7, 11) is 1.60. The van der Waals surface area contributed by atoms with Crippen LogP contribution in [-0.4, -0.2) is 38.6 Å². The van der Waals surface area contributed by atoms with Crippen molar-refractivity contribution < 1.29 is 19.2 Å². The van der Waals surface area contributed by atoms with Crippen molar-refractivity contribution >= 4 is 23.2 Å². The van der Waals surface area contributed by atoms with Crippen LogP contribution in [0.15, 0.2) is 48.5 Å². The average molecular weight is 382 g/mol. The Morgan fingerprint density at radius 3 is 2.14 bits per heavy atom. The van der Waals surface area contributed by atoms with Gasteiger partial charge in [-0.2, -0.15) is 0 Å². The van der Waals surface area contributed by atoms with Gasteiger partial charge in [-0.15, -0.1) is 0 Å². The summed E-state index contributed by atoms with van der Waals surface area (Å²) in [5, 5.41) is 5.77. The van der Waals surface area contributed by atoms with Crippen molar-refractivity contribution in [1.82, 2.24) is 0 Å². The molecular weight excluding hydrogens is 354 g/mol. The molecule has 0 aliphatic carbocycles. The third kappa shape index (κ3) is 5.57. The average Bonchev–Trinajstić information content (AvgIpc) is 2.71. The fourth-order valence-electron chi connectivity index (χ4n) is 3.36. The van der Waals surface area contributed by atoms with Crippen molar-refractivity contribution in [2.75, 3.05) is 37.4 Å². The van der Waals surface area contributed by atoms with Crippen LogP contribution in [0.4, 0.5) is 11.4 Å². The Morgan fingerprint density at radius 2 is 1.54 bits per heavy atom. The van der Waals surface area contributed by atoms with Crippen LogP contribution in [0.25, 0.3) is 0 Å². The van der Waals surface area contributed by atoms with Gasteiger partial charge in [-0.25, -0.2) is 0 Å². The highest BCUT2D eigenvalue weighted by Crippen LogP contribution is 2.17. The van der Waals surface area contributed by atoms with E-state index in [2.05, 4.69) is 17.6 Å². The number of nitrogens with one attached hydrogen (secondary N) is 3. The highest BCUT2D eigenvalue weighted by Gasteiger charge is 2.21. The normalized spacial score (nSPS) is 18.9. The summed E-state index contributed by atoms with van der Waals surface area (Å²) in [4.78, 5) is 26.0. The van der Waals surface area contributed by atoms with Gasteiger partial charge in [-0.1, -0.05) is 6.92 Å². The Hall–Kier alpha value is -2.86. The Balaban J connectivity index is 1.50. The van der Waals surface area contributed by atoms with Crippen LogP contribution in [0.1, 0.15) is 30.1 Å². The number of amides is 2. The number of likely N-dealkylation sites (tertiary alicyclic amines) is 1. The second kappa shape index (κ2) is 9.37. The van der Waals surface area contributed by atoms with E-state index in [9.17, 15) is 9.59 Å². The van der Waals surface area contributed by atoms with Crippen molar-refractivity contribution in [2.45, 2.75) is 19.8 Å². The van der Waals surface area contributed by atoms with Crippen molar-refractivity contribution in [3.63, 3.8) is 0 Å². The number of methoxy groups -OCH3 is 1. The first-order valence-corrected chi connectivity index (χ1v) is 9.72. The Bertz CT molecular complexity index is 795. The molecule has 3 rings (SSSR count). The highest BCUT2D eigenvalue weighted by molar-refractivity contribution is 6.04. The van der Waals surface area contributed by atoms with Crippen LogP contribution in [0.2, 0.25) is 0 Å². The maximum Gasteiger partial charge on any atom is 0.279 e. The summed E-state index contributed by atoms with van der Waals surface area (Å²) in [6, 6.07) is 14.1. The van der Waals surface area contributed by atoms with Crippen LogP contribution < -0.4 is 20.3 Å². The lowest BCUT2D eigenvalue weighted by atomic mass is 9.99. The van der Waals surface area contributed by atoms with E-state index < -0.39 is 0 Å². The van der Waals surface area contributed by atoms with E-state index in [1.54, 1.807) is 55.6 Å². The molecule has 2 aromatic rings. The number of anilines is 2. The molecule has 2 aromatic carbocycles. The zero-order chi connectivity index (χ0) is 19.9. The smallest absolute Gasteiger partial charge is 0.279 e. The molecule has 0 saturated carbocycles. The molecule has 0 spiro atoms. The number of ether oxygens (including phenoxy) is 1. The maximum atomic E-state index is 12.4. The monoisotopic (exact) mass is 382 g/mol. The van der Waals surface area contributed by atoms with E-state index in [1.165, 1.54) is 17.7 Å². The summed E-state index contributed by atoms with van der Waals surface area (Å²) < 4.78 is 5.11. The molecule has 0 radical (unpaired) electrons. The molecule has 0 aromatic heterocycles. The Morgan fingerprint density at radius 1 is 0.964 bits per heavy atom. The van der Waals surface area contributed by atoms with Crippen molar-refractivity contribution in [2.24, 2.45) is 5.92 Å². The number of rotatable bonds is 6. The summed E-state index contributed by atoms with van der Waals surface area (Å²) in [5.74, 6) is 1.32. The van der Waals surface area contributed by atoms with Crippen LogP contribution in [0.5, 0.6) is 5.75 Å². The Labute approximate surface area is 165 Å². The first-order chi connectivity index (χ1) is 13.5. The predicted molar refractivity (Wildman–Crippen MR) is 110 cm³/mol. The molecule has 0 atom stereocenters. The number of hydrogen-bond donors (Lipinski definition) is 3. The molecular formula is C22H28N3O3+. The van der Waals surface area contributed by atoms with E-state index in [1.807, 2.05) is 0 Å². The second-order valence-corrected chi connectivity index (χ2v) is 7.42. The van der Waals surface area contributed by atoms with Crippen molar-refractivity contribution in [1.29, 1.82) is 0 Å². The van der Waals surface area contributed by atoms with Gasteiger partial charge < -0.3 is 20.3 Å². The Kier molecular flexibility index (Phi) is 6.66. The van der Waals surface area contributed by atoms with E-state index in [-0.39, 0.29) is 11.8 Å². The molecule has 28 heavy (non-hydrogen) atoms. The van der Waals surface area contributed by atoms with Gasteiger partial charge >= 0.3 is 0 Å². The molecule has 6 heteroatoms. The van der Waals surface area contributed by atoms with E-state index in [0.717, 1.165) is 24.8 Å². The molecule has 0 bridgehead atoms. The van der Waals surface area contributed by atoms with Gasteiger partial charge in [0.05, 0.1) is 20.2 Å². The molecule has 1 fully saturated rings. The second-order valence-electron chi connectivity index (χ2n) is 7.42. The number of hydrogen-bond acceptors (Lipinski definition) is 3. The van der Waals surface area contributed by atoms with Crippen molar-refractivity contribution in [3.8, 4) is 5.75 Å². The van der Waals surface area contributed by atoms with Gasteiger partial charge in [0.15, 0.2) is 6.54 Å². The van der Waals surface area contributed by atoms with E-state index in [4.69, 9.17) is 4.74 Å². The number of carbonyl (C=O) groups is 2. The first kappa shape index (κ1) is 19.9. The minimum Gasteiger partial charge on any atom is -0.497 e. The maximum absolute atomic E-state index is 12.4. The quantitative estimate of drug-likeness (QED) is 0.717. The fourth-order valence-corrected chi connectivity index (χ4v) is 3.36. The lowest BCUT2D eigenvalue weighted by Gasteiger charge is -2.26. The van der Waals surface area contributed by atoms with Crippen LogP contribution in [0, 0.1) is 5.92 Å². The summed E-state index contributed by atoms with van der Waals surface area (Å²) >= 11 is 0. The minimum atomic E-state index is -0.199. The zero-order valence-corrected chi connectivity index (χ0v) is 16.5. The molecule has 1 aliphatic heterocycles. The van der Waals surface area contributed by atoms with E-state index >= 15 is 0 Å². The van der Waals surface area contributed by atoms with Crippen LogP contribution in [0.3, 0.4) is 0 Å². The summed E-state index contributed by atoms with van der Waals surface area (Å²) in [6.45, 7) is 4.87. The molecule has 1 heterocycles. The van der Waals surface area contributed by atoms with Gasteiger partial charge in [-0.05, 0) is 67.3 Å². The largest absolute Gasteiger partial charge is 0.497 e. The topological polar surface area (TPSA) is 71.9 Å². The van der Waals surface area contributed by atoms with Crippen LogP contribution >= 0.6 is 0 Å². The van der Waals surface area contributed by atoms with Gasteiger partial charge in [0.25, 0.3) is 11.8 Å². The predicted octanol–water partition coefficient (Wildman–Crippen LogP) is 2.20. The van der Waals surface area contributed by atoms with Gasteiger partial charge in [0.2, 0.25) is 0 Å². The molecule has 2 amide bonds. The first-order valence-electron chi connectivity index (χ1n) is 9.72. The van der Waals surface area contributed by atoms with Gasteiger partial charge in [-0.3, -0.25) is 9.59 Å². The summed E-state index contributed by atoms with van der Waals surface area (Å²) in [6.07, 6.45) is 2.36. The fraction of sp³-hybridized carbons (Fsp3) is 0.364. The van der Waals surface area contributed by atoms with Crippen molar-refractivity contribution in [3.05, 3.63) is 54.1 Å². The molecule has 1 saturated heterocycles.